The lowest BCUT2D eigenvalue weighted by atomic mass is 9.84. The molecule has 2 aromatic rings. The van der Waals surface area contributed by atoms with E-state index in [1.54, 1.807) is 24.3 Å². The van der Waals surface area contributed by atoms with E-state index in [1.807, 2.05) is 0 Å². The maximum absolute atomic E-state index is 11.0. The monoisotopic (exact) mass is 712 g/mol. The summed E-state index contributed by atoms with van der Waals surface area (Å²) in [5, 5.41) is 72.4. The van der Waals surface area contributed by atoms with Crippen LogP contribution in [0, 0.1) is 11.8 Å². The largest absolute Gasteiger partial charge is 0.502 e. The number of methoxy groups -OCH3 is 4. The molecule has 4 saturated heterocycles. The van der Waals surface area contributed by atoms with Crippen molar-refractivity contribution < 1.29 is 83.1 Å². The second kappa shape index (κ2) is 14.8. The lowest BCUT2D eigenvalue weighted by Crippen LogP contribution is -2.62. The summed E-state index contributed by atoms with van der Waals surface area (Å²) in [5.74, 6) is 0.665. The fourth-order valence-electron chi connectivity index (χ4n) is 6.97. The molecule has 12 atom stereocenters. The standard InChI is InChI=1S/C33H44O17/c1-41-18-5-14(6-19(42-2)23(18)36)26-16-10-46-27(17(16)11-45-26)15-7-20(43-3)28(21(8-15)44-4)49-31-29(25(38)24(37)22(9-34)48-31)50-32-30(39)33(40,12-35)13-47-32/h5-8,16-17,22,24-27,29-32,34-40H,9-13H2,1-4H3/t16-,17-,22-,24-,25+,26+,27+,29-,30+,31+,32+,33-/m0/s1. The van der Waals surface area contributed by atoms with Crippen LogP contribution >= 0.6 is 0 Å². The maximum Gasteiger partial charge on any atom is 0.230 e. The van der Waals surface area contributed by atoms with Crippen molar-refractivity contribution in [2.24, 2.45) is 11.8 Å². The molecule has 4 aliphatic rings. The fraction of sp³-hybridized carbons (Fsp3) is 0.636. The van der Waals surface area contributed by atoms with Crippen molar-refractivity contribution in [2.75, 3.05) is 61.5 Å². The summed E-state index contributed by atoms with van der Waals surface area (Å²) >= 11 is 0. The predicted octanol–water partition coefficient (Wildman–Crippen LogP) is -0.855. The molecule has 6 rings (SSSR count). The predicted molar refractivity (Wildman–Crippen MR) is 166 cm³/mol. The van der Waals surface area contributed by atoms with Crippen molar-refractivity contribution in [1.82, 2.24) is 0 Å². The molecule has 17 nitrogen and oxygen atoms in total. The van der Waals surface area contributed by atoms with Gasteiger partial charge in [-0.05, 0) is 35.4 Å². The molecule has 0 spiro atoms. The molecule has 2 aromatic carbocycles. The number of hydrogen-bond donors (Lipinski definition) is 7. The zero-order valence-electron chi connectivity index (χ0n) is 27.9. The highest BCUT2D eigenvalue weighted by Crippen LogP contribution is 2.54. The van der Waals surface area contributed by atoms with Crippen LogP contribution in [0.2, 0.25) is 0 Å². The molecule has 278 valence electrons. The Hall–Kier alpha value is -3.20. The summed E-state index contributed by atoms with van der Waals surface area (Å²) in [4.78, 5) is 0. The van der Waals surface area contributed by atoms with Gasteiger partial charge >= 0.3 is 0 Å². The number of benzene rings is 2. The Bertz CT molecular complexity index is 1440. The van der Waals surface area contributed by atoms with E-state index in [-0.39, 0.29) is 52.4 Å². The lowest BCUT2D eigenvalue weighted by molar-refractivity contribution is -0.319. The maximum atomic E-state index is 11.0. The Kier molecular flexibility index (Phi) is 10.8. The summed E-state index contributed by atoms with van der Waals surface area (Å²) < 4.78 is 57.7. The summed E-state index contributed by atoms with van der Waals surface area (Å²) in [6.07, 6.45) is -11.8. The first-order valence-electron chi connectivity index (χ1n) is 16.0. The zero-order valence-corrected chi connectivity index (χ0v) is 27.9. The molecule has 0 radical (unpaired) electrons. The second-order valence-corrected chi connectivity index (χ2v) is 12.7. The van der Waals surface area contributed by atoms with Crippen LogP contribution in [-0.2, 0) is 23.7 Å². The second-order valence-electron chi connectivity index (χ2n) is 12.7. The number of aliphatic hydroxyl groups excluding tert-OH is 5. The number of aliphatic hydroxyl groups is 6. The van der Waals surface area contributed by atoms with Crippen LogP contribution in [0.5, 0.6) is 34.5 Å². The van der Waals surface area contributed by atoms with Crippen LogP contribution in [0.25, 0.3) is 0 Å². The summed E-state index contributed by atoms with van der Waals surface area (Å²) in [6.45, 7) is -1.24. The van der Waals surface area contributed by atoms with Crippen molar-refractivity contribution in [2.45, 2.75) is 60.9 Å². The normalized spacial score (nSPS) is 36.6. The van der Waals surface area contributed by atoms with E-state index >= 15 is 0 Å². The molecule has 4 aliphatic heterocycles. The average Bonchev–Trinajstić information content (AvgIpc) is 3.82. The van der Waals surface area contributed by atoms with Crippen LogP contribution in [0.15, 0.2) is 24.3 Å². The third kappa shape index (κ3) is 6.41. The number of aromatic hydroxyl groups is 1. The lowest BCUT2D eigenvalue weighted by Gasteiger charge is -2.42. The molecule has 17 heteroatoms. The van der Waals surface area contributed by atoms with Gasteiger partial charge in [-0.15, -0.1) is 0 Å². The quantitative estimate of drug-likeness (QED) is 0.142. The Morgan fingerprint density at radius 1 is 0.740 bits per heavy atom. The smallest absolute Gasteiger partial charge is 0.230 e. The molecular formula is C33H44O17. The van der Waals surface area contributed by atoms with Crippen LogP contribution < -0.4 is 23.7 Å². The van der Waals surface area contributed by atoms with Crippen molar-refractivity contribution in [3.05, 3.63) is 35.4 Å². The van der Waals surface area contributed by atoms with Crippen molar-refractivity contribution in [3.8, 4) is 34.5 Å². The summed E-state index contributed by atoms with van der Waals surface area (Å²) in [7, 11) is 5.73. The van der Waals surface area contributed by atoms with E-state index in [0.29, 0.717) is 18.8 Å². The van der Waals surface area contributed by atoms with Crippen LogP contribution in [-0.4, -0.2) is 146 Å². The number of hydrogen-bond acceptors (Lipinski definition) is 17. The first-order chi connectivity index (χ1) is 24.0. The van der Waals surface area contributed by atoms with Gasteiger partial charge in [0.1, 0.15) is 30.0 Å². The molecule has 0 unspecified atom stereocenters. The highest BCUT2D eigenvalue weighted by atomic mass is 16.8. The Balaban J connectivity index is 1.26. The van der Waals surface area contributed by atoms with E-state index < -0.39 is 74.6 Å². The van der Waals surface area contributed by atoms with Gasteiger partial charge in [0.25, 0.3) is 0 Å². The molecule has 0 aliphatic carbocycles. The third-order valence-corrected chi connectivity index (χ3v) is 9.84. The average molecular weight is 713 g/mol. The minimum Gasteiger partial charge on any atom is -0.502 e. The Morgan fingerprint density at radius 2 is 1.26 bits per heavy atom. The molecule has 0 saturated carbocycles. The summed E-state index contributed by atoms with van der Waals surface area (Å²) in [6, 6.07) is 6.82. The number of ether oxygens (including phenoxy) is 10. The summed E-state index contributed by atoms with van der Waals surface area (Å²) in [5.41, 5.74) is -0.567. The number of rotatable bonds is 12. The van der Waals surface area contributed by atoms with Crippen LogP contribution in [0.4, 0.5) is 0 Å². The SMILES string of the molecule is COc1cc([C@H]2OC[C@H]3[C@@H]2CO[C@@H]3c2cc(OC)c(O[C@H]3O[C@@H](CO)[C@H](O)[C@@H](O)[C@@H]3O[C@H]3OC[C@@](O)(CO)[C@@H]3O)c(OC)c2)cc(OC)c1O. The van der Waals surface area contributed by atoms with E-state index in [4.69, 9.17) is 47.4 Å². The Labute approximate surface area is 287 Å². The van der Waals surface area contributed by atoms with Gasteiger partial charge in [0.05, 0.1) is 73.7 Å². The van der Waals surface area contributed by atoms with E-state index in [1.165, 1.54) is 28.4 Å². The van der Waals surface area contributed by atoms with Gasteiger partial charge in [-0.25, -0.2) is 0 Å². The number of fused-ring (bicyclic) bond motifs is 1. The minimum absolute atomic E-state index is 0.0239. The fourth-order valence-corrected chi connectivity index (χ4v) is 6.97. The van der Waals surface area contributed by atoms with E-state index in [9.17, 15) is 35.7 Å². The van der Waals surface area contributed by atoms with Gasteiger partial charge in [-0.3, -0.25) is 0 Å². The molecule has 4 heterocycles. The topological polar surface area (TPSA) is 234 Å². The van der Waals surface area contributed by atoms with Gasteiger partial charge in [-0.1, -0.05) is 0 Å². The first-order valence-corrected chi connectivity index (χ1v) is 16.0. The first kappa shape index (κ1) is 36.6. The van der Waals surface area contributed by atoms with Gasteiger partial charge in [0.15, 0.2) is 35.4 Å². The van der Waals surface area contributed by atoms with E-state index in [2.05, 4.69) is 0 Å². The molecule has 0 aromatic heterocycles. The molecule has 50 heavy (non-hydrogen) atoms. The van der Waals surface area contributed by atoms with Gasteiger partial charge in [0.2, 0.25) is 17.8 Å². The van der Waals surface area contributed by atoms with Crippen LogP contribution in [0.1, 0.15) is 23.3 Å². The molecule has 7 N–H and O–H groups in total. The third-order valence-electron chi connectivity index (χ3n) is 9.84. The Morgan fingerprint density at radius 3 is 1.72 bits per heavy atom. The van der Waals surface area contributed by atoms with Crippen molar-refractivity contribution >= 4 is 0 Å². The van der Waals surface area contributed by atoms with Crippen molar-refractivity contribution in [3.63, 3.8) is 0 Å². The highest BCUT2D eigenvalue weighted by Gasteiger charge is 2.54. The van der Waals surface area contributed by atoms with Crippen LogP contribution in [0.3, 0.4) is 0 Å². The molecular weight excluding hydrogens is 668 g/mol. The van der Waals surface area contributed by atoms with Gasteiger partial charge in [-0.2, -0.15) is 0 Å². The van der Waals surface area contributed by atoms with Crippen molar-refractivity contribution in [1.29, 1.82) is 0 Å². The van der Waals surface area contributed by atoms with Gasteiger partial charge < -0.3 is 83.1 Å². The molecule has 0 amide bonds. The molecule has 4 fully saturated rings. The zero-order chi connectivity index (χ0) is 35.9. The molecule has 0 bridgehead atoms. The minimum atomic E-state index is -2.02. The number of phenols is 1. The highest BCUT2D eigenvalue weighted by molar-refractivity contribution is 5.55. The number of phenolic OH excluding ortho intramolecular Hbond substituents is 1. The van der Waals surface area contributed by atoms with Gasteiger partial charge in [0, 0.05) is 11.8 Å². The van der Waals surface area contributed by atoms with E-state index in [0.717, 1.165) is 5.56 Å².